The smallest absolute Gasteiger partial charge is 0.170 e. The predicted molar refractivity (Wildman–Crippen MR) is 73.2 cm³/mol. The Hall–Kier alpha value is -0.900. The monoisotopic (exact) mass is 259 g/mol. The Morgan fingerprint density at radius 3 is 2.58 bits per heavy atom. The van der Waals surface area contributed by atoms with Gasteiger partial charge in [-0.2, -0.15) is 0 Å². The van der Waals surface area contributed by atoms with E-state index in [4.69, 9.17) is 9.47 Å². The van der Waals surface area contributed by atoms with Crippen LogP contribution in [0.15, 0.2) is 24.3 Å². The van der Waals surface area contributed by atoms with Gasteiger partial charge in [-0.15, -0.1) is 0 Å². The van der Waals surface area contributed by atoms with Gasteiger partial charge in [0.1, 0.15) is 0 Å². The van der Waals surface area contributed by atoms with Crippen LogP contribution in [0, 0.1) is 0 Å². The molecule has 102 valence electrons. The van der Waals surface area contributed by atoms with Crippen molar-refractivity contribution < 1.29 is 9.47 Å². The third-order valence-electron chi connectivity index (χ3n) is 4.87. The normalized spacial score (nSPS) is 29.2. The molecule has 4 rings (SSSR count). The van der Waals surface area contributed by atoms with Gasteiger partial charge in [-0.3, -0.25) is 0 Å². The number of nitrogens with zero attached hydrogens (tertiary/aromatic N) is 1. The number of hydrogen-bond donors (Lipinski definition) is 0. The van der Waals surface area contributed by atoms with E-state index in [0.717, 1.165) is 45.1 Å². The minimum Gasteiger partial charge on any atom is -0.347 e. The van der Waals surface area contributed by atoms with Crippen LogP contribution >= 0.6 is 0 Å². The molecular weight excluding hydrogens is 238 g/mol. The summed E-state index contributed by atoms with van der Waals surface area (Å²) in [6, 6.07) is 8.86. The van der Waals surface area contributed by atoms with Crippen molar-refractivity contribution in [2.24, 2.45) is 0 Å². The molecular formula is C16H21NO2. The Morgan fingerprint density at radius 2 is 1.84 bits per heavy atom. The quantitative estimate of drug-likeness (QED) is 0.812. The van der Waals surface area contributed by atoms with E-state index in [9.17, 15) is 0 Å². The molecule has 2 fully saturated rings. The first-order valence-electron chi connectivity index (χ1n) is 7.43. The lowest BCUT2D eigenvalue weighted by Crippen LogP contribution is -2.47. The molecule has 0 amide bonds. The first-order valence-corrected chi connectivity index (χ1v) is 7.43. The van der Waals surface area contributed by atoms with Gasteiger partial charge in [-0.1, -0.05) is 24.3 Å². The van der Waals surface area contributed by atoms with Crippen molar-refractivity contribution in [1.29, 1.82) is 0 Å². The number of likely N-dealkylation sites (tertiary alicyclic amines) is 1. The standard InChI is InChI=1S/C16H21NO2/c1-2-4-15-13(3-1)11-14(15)12-17-7-5-16(6-8-17)18-9-10-19-16/h1-4,14H,5-12H2. The van der Waals surface area contributed by atoms with Gasteiger partial charge in [0.15, 0.2) is 5.79 Å². The van der Waals surface area contributed by atoms with E-state index in [2.05, 4.69) is 29.2 Å². The van der Waals surface area contributed by atoms with Crippen LogP contribution in [0.1, 0.15) is 29.9 Å². The number of ether oxygens (including phenoxy) is 2. The van der Waals surface area contributed by atoms with Crippen LogP contribution < -0.4 is 0 Å². The summed E-state index contributed by atoms with van der Waals surface area (Å²) in [4.78, 5) is 2.58. The van der Waals surface area contributed by atoms with Gasteiger partial charge in [0.05, 0.1) is 13.2 Å². The number of hydrogen-bond acceptors (Lipinski definition) is 3. The van der Waals surface area contributed by atoms with Crippen molar-refractivity contribution in [2.75, 3.05) is 32.8 Å². The number of fused-ring (bicyclic) bond motifs is 1. The molecule has 3 heteroatoms. The highest BCUT2D eigenvalue weighted by atomic mass is 16.7. The summed E-state index contributed by atoms with van der Waals surface area (Å²) in [5, 5.41) is 0. The second-order valence-electron chi connectivity index (χ2n) is 6.01. The second-order valence-corrected chi connectivity index (χ2v) is 6.01. The van der Waals surface area contributed by atoms with Crippen molar-refractivity contribution in [3.05, 3.63) is 35.4 Å². The van der Waals surface area contributed by atoms with Gasteiger partial charge in [0, 0.05) is 38.4 Å². The molecule has 1 aromatic carbocycles. The minimum absolute atomic E-state index is 0.228. The fourth-order valence-electron chi connectivity index (χ4n) is 3.70. The topological polar surface area (TPSA) is 21.7 Å². The molecule has 3 aliphatic rings. The van der Waals surface area contributed by atoms with Crippen LogP contribution in [0.2, 0.25) is 0 Å². The Kier molecular flexibility index (Phi) is 2.87. The minimum atomic E-state index is -0.228. The molecule has 0 bridgehead atoms. The Morgan fingerprint density at radius 1 is 1.11 bits per heavy atom. The van der Waals surface area contributed by atoms with E-state index >= 15 is 0 Å². The molecule has 3 nitrogen and oxygen atoms in total. The predicted octanol–water partition coefficient (Wildman–Crippen LogP) is 2.17. The SMILES string of the molecule is c1ccc2c(c1)CC2CN1CCC2(CC1)OCCO2. The van der Waals surface area contributed by atoms with Gasteiger partial charge < -0.3 is 14.4 Å². The summed E-state index contributed by atoms with van der Waals surface area (Å²) in [5.41, 5.74) is 3.11. The molecule has 0 saturated carbocycles. The van der Waals surface area contributed by atoms with Crippen LogP contribution in [0.3, 0.4) is 0 Å². The molecule has 0 radical (unpaired) electrons. The van der Waals surface area contributed by atoms with Crippen LogP contribution in [0.5, 0.6) is 0 Å². The van der Waals surface area contributed by atoms with Gasteiger partial charge in [0.2, 0.25) is 0 Å². The third kappa shape index (κ3) is 2.10. The zero-order chi connectivity index (χ0) is 12.7. The number of rotatable bonds is 2. The van der Waals surface area contributed by atoms with E-state index in [-0.39, 0.29) is 5.79 Å². The zero-order valence-corrected chi connectivity index (χ0v) is 11.3. The van der Waals surface area contributed by atoms with Crippen molar-refractivity contribution in [1.82, 2.24) is 4.90 Å². The summed E-state index contributed by atoms with van der Waals surface area (Å²) in [6.45, 7) is 4.97. The lowest BCUT2D eigenvalue weighted by Gasteiger charge is -2.41. The molecule has 1 aromatic rings. The van der Waals surface area contributed by atoms with E-state index in [1.165, 1.54) is 13.0 Å². The molecule has 1 atom stereocenters. The Labute approximate surface area is 114 Å². The summed E-state index contributed by atoms with van der Waals surface area (Å²) in [5.74, 6) is 0.518. The summed E-state index contributed by atoms with van der Waals surface area (Å²) in [6.07, 6.45) is 3.31. The van der Waals surface area contributed by atoms with E-state index < -0.39 is 0 Å². The van der Waals surface area contributed by atoms with Crippen LogP contribution in [-0.4, -0.2) is 43.5 Å². The van der Waals surface area contributed by atoms with Gasteiger partial charge >= 0.3 is 0 Å². The summed E-state index contributed by atoms with van der Waals surface area (Å²) < 4.78 is 11.6. The molecule has 1 aliphatic carbocycles. The molecule has 0 N–H and O–H groups in total. The maximum absolute atomic E-state index is 5.78. The number of piperidine rings is 1. The average molecular weight is 259 g/mol. The lowest BCUT2D eigenvalue weighted by atomic mass is 9.77. The van der Waals surface area contributed by atoms with Crippen LogP contribution in [0.4, 0.5) is 0 Å². The highest BCUT2D eigenvalue weighted by Crippen LogP contribution is 2.37. The van der Waals surface area contributed by atoms with Gasteiger partial charge in [0.25, 0.3) is 0 Å². The first kappa shape index (κ1) is 11.9. The van der Waals surface area contributed by atoms with Crippen molar-refractivity contribution in [3.8, 4) is 0 Å². The van der Waals surface area contributed by atoms with Crippen LogP contribution in [0.25, 0.3) is 0 Å². The molecule has 1 unspecified atom stereocenters. The van der Waals surface area contributed by atoms with E-state index in [1.807, 2.05) is 0 Å². The molecule has 2 heterocycles. The highest BCUT2D eigenvalue weighted by Gasteiger charge is 2.40. The average Bonchev–Trinajstić information content (AvgIpc) is 2.87. The van der Waals surface area contributed by atoms with Crippen molar-refractivity contribution >= 4 is 0 Å². The maximum Gasteiger partial charge on any atom is 0.170 e. The largest absolute Gasteiger partial charge is 0.347 e. The number of benzene rings is 1. The summed E-state index contributed by atoms with van der Waals surface area (Å²) in [7, 11) is 0. The molecule has 0 aromatic heterocycles. The lowest BCUT2D eigenvalue weighted by molar-refractivity contribution is -0.185. The van der Waals surface area contributed by atoms with Gasteiger partial charge in [-0.05, 0) is 17.5 Å². The van der Waals surface area contributed by atoms with Gasteiger partial charge in [-0.25, -0.2) is 0 Å². The highest BCUT2D eigenvalue weighted by molar-refractivity contribution is 5.40. The second kappa shape index (κ2) is 4.58. The Bertz CT molecular complexity index is 458. The fraction of sp³-hybridized carbons (Fsp3) is 0.625. The fourth-order valence-corrected chi connectivity index (χ4v) is 3.70. The van der Waals surface area contributed by atoms with Crippen LogP contribution in [-0.2, 0) is 15.9 Å². The summed E-state index contributed by atoms with van der Waals surface area (Å²) >= 11 is 0. The Balaban J connectivity index is 1.34. The molecule has 1 spiro atoms. The first-order chi connectivity index (χ1) is 9.35. The molecule has 2 aliphatic heterocycles. The van der Waals surface area contributed by atoms with Crippen molar-refractivity contribution in [2.45, 2.75) is 31.0 Å². The van der Waals surface area contributed by atoms with Crippen molar-refractivity contribution in [3.63, 3.8) is 0 Å². The molecule has 2 saturated heterocycles. The third-order valence-corrected chi connectivity index (χ3v) is 4.87. The van der Waals surface area contributed by atoms with E-state index in [0.29, 0.717) is 0 Å². The maximum atomic E-state index is 5.78. The van der Waals surface area contributed by atoms with E-state index in [1.54, 1.807) is 11.1 Å². The zero-order valence-electron chi connectivity index (χ0n) is 11.3. The molecule has 19 heavy (non-hydrogen) atoms.